The minimum absolute atomic E-state index is 0.0501. The van der Waals surface area contributed by atoms with Gasteiger partial charge >= 0.3 is 0 Å². The lowest BCUT2D eigenvalue weighted by Crippen LogP contribution is -2.25. The van der Waals surface area contributed by atoms with E-state index in [1.165, 1.54) is 50.3 Å². The molecule has 0 saturated heterocycles. The molecule has 0 fully saturated rings. The molecule has 1 amide bonds. The first-order valence-electron chi connectivity index (χ1n) is 9.11. The topological polar surface area (TPSA) is 55.1 Å². The number of carbonyl (C=O) groups excluding carboxylic acids is 1. The zero-order chi connectivity index (χ0) is 17.6. The Morgan fingerprint density at radius 2 is 1.75 bits per heavy atom. The monoisotopic (exact) mass is 328 g/mol. The second kappa shape index (κ2) is 12.4. The fourth-order valence-electron chi connectivity index (χ4n) is 2.60. The average molecular weight is 329 g/mol. The zero-order valence-electron chi connectivity index (χ0n) is 15.2. The maximum atomic E-state index is 12.1. The summed E-state index contributed by atoms with van der Waals surface area (Å²) in [5, 5.41) is 2.91. The predicted molar refractivity (Wildman–Crippen MR) is 103 cm³/mol. The highest BCUT2D eigenvalue weighted by atomic mass is 16.1. The molecule has 0 heterocycles. The summed E-state index contributed by atoms with van der Waals surface area (Å²) in [7, 11) is 0. The maximum absolute atomic E-state index is 12.1. The lowest BCUT2D eigenvalue weighted by molar-refractivity contribution is 0.0957. The Morgan fingerprint density at radius 3 is 2.38 bits per heavy atom. The lowest BCUT2D eigenvalue weighted by Gasteiger charge is -2.07. The van der Waals surface area contributed by atoms with Crippen molar-refractivity contribution in [2.75, 3.05) is 6.54 Å². The number of allylic oxidation sites excluding steroid dienone is 1. The van der Waals surface area contributed by atoms with E-state index in [4.69, 9.17) is 5.73 Å². The summed E-state index contributed by atoms with van der Waals surface area (Å²) in [5.74, 6) is -0.0501. The number of carbonyl (C=O) groups is 1. The maximum Gasteiger partial charge on any atom is 0.251 e. The van der Waals surface area contributed by atoms with Crippen molar-refractivity contribution in [3.8, 4) is 0 Å². The normalized spacial score (nSPS) is 11.8. The molecule has 132 valence electrons. The van der Waals surface area contributed by atoms with Crippen LogP contribution in [-0.2, 0) is 6.42 Å². The third-order valence-electron chi connectivity index (χ3n) is 4.17. The van der Waals surface area contributed by atoms with Gasteiger partial charge in [-0.3, -0.25) is 4.79 Å². The zero-order valence-corrected chi connectivity index (χ0v) is 15.2. The van der Waals surface area contributed by atoms with Crippen molar-refractivity contribution >= 4 is 5.91 Å². The van der Waals surface area contributed by atoms with E-state index in [1.54, 1.807) is 6.08 Å². The number of nitrogens with one attached hydrogen (secondary N) is 1. The van der Waals surface area contributed by atoms with E-state index in [0.717, 1.165) is 12.0 Å². The molecule has 1 rings (SSSR count). The fraction of sp³-hybridized carbons (Fsp3) is 0.476. The Labute approximate surface area is 147 Å². The minimum Gasteiger partial charge on any atom is -0.405 e. The second-order valence-electron chi connectivity index (χ2n) is 6.12. The van der Waals surface area contributed by atoms with Crippen LogP contribution in [0.2, 0.25) is 0 Å². The quantitative estimate of drug-likeness (QED) is 0.455. The third-order valence-corrected chi connectivity index (χ3v) is 4.17. The number of hydrogen-bond donors (Lipinski definition) is 2. The van der Waals surface area contributed by atoms with E-state index < -0.39 is 0 Å². The van der Waals surface area contributed by atoms with Gasteiger partial charge < -0.3 is 11.1 Å². The second-order valence-corrected chi connectivity index (χ2v) is 6.12. The van der Waals surface area contributed by atoms with Gasteiger partial charge in [-0.25, -0.2) is 0 Å². The molecule has 0 atom stereocenters. The van der Waals surface area contributed by atoms with Crippen LogP contribution in [0.1, 0.15) is 68.3 Å². The van der Waals surface area contributed by atoms with Gasteiger partial charge in [0.25, 0.3) is 5.91 Å². The van der Waals surface area contributed by atoms with Gasteiger partial charge in [0.1, 0.15) is 0 Å². The molecule has 3 N–H and O–H groups in total. The first-order valence-corrected chi connectivity index (χ1v) is 9.11. The van der Waals surface area contributed by atoms with Crippen LogP contribution in [0.4, 0.5) is 0 Å². The highest BCUT2D eigenvalue weighted by Crippen LogP contribution is 2.11. The molecule has 0 bridgehead atoms. The smallest absolute Gasteiger partial charge is 0.251 e. The summed E-state index contributed by atoms with van der Waals surface area (Å²) < 4.78 is 0. The van der Waals surface area contributed by atoms with Gasteiger partial charge in [0.15, 0.2) is 0 Å². The number of amides is 1. The third kappa shape index (κ3) is 8.00. The van der Waals surface area contributed by atoms with Crippen molar-refractivity contribution in [1.29, 1.82) is 0 Å². The molecule has 24 heavy (non-hydrogen) atoms. The van der Waals surface area contributed by atoms with Gasteiger partial charge in [0.2, 0.25) is 0 Å². The standard InChI is InChI=1S/C21H32N2O/c1-3-5-6-7-8-9-10-19-11-13-20(14-12-19)21(24)23-17-18(4-2)15-16-22/h4,11-16H,3,5-10,17,22H2,1-2H3,(H,23,24)/b16-15-,18-4+. The highest BCUT2D eigenvalue weighted by molar-refractivity contribution is 5.94. The van der Waals surface area contributed by atoms with Crippen LogP contribution in [0, 0.1) is 0 Å². The molecular weight excluding hydrogens is 296 g/mol. The Morgan fingerprint density at radius 1 is 1.08 bits per heavy atom. The number of aryl methyl sites for hydroxylation is 1. The van der Waals surface area contributed by atoms with Crippen molar-refractivity contribution in [3.05, 3.63) is 59.3 Å². The molecule has 0 unspecified atom stereocenters. The number of benzene rings is 1. The van der Waals surface area contributed by atoms with Crippen molar-refractivity contribution in [2.45, 2.75) is 58.8 Å². The highest BCUT2D eigenvalue weighted by Gasteiger charge is 2.05. The van der Waals surface area contributed by atoms with Gasteiger partial charge in [-0.05, 0) is 55.3 Å². The van der Waals surface area contributed by atoms with Crippen LogP contribution < -0.4 is 11.1 Å². The van der Waals surface area contributed by atoms with Crippen LogP contribution in [0.3, 0.4) is 0 Å². The van der Waals surface area contributed by atoms with Crippen LogP contribution in [0.15, 0.2) is 48.2 Å². The van der Waals surface area contributed by atoms with Crippen LogP contribution >= 0.6 is 0 Å². The molecule has 0 aliphatic rings. The minimum atomic E-state index is -0.0501. The van der Waals surface area contributed by atoms with Crippen LogP contribution in [0.5, 0.6) is 0 Å². The van der Waals surface area contributed by atoms with Crippen molar-refractivity contribution in [3.63, 3.8) is 0 Å². The molecule has 0 radical (unpaired) electrons. The van der Waals surface area contributed by atoms with E-state index in [2.05, 4.69) is 24.4 Å². The number of rotatable bonds is 11. The van der Waals surface area contributed by atoms with Gasteiger partial charge in [-0.1, -0.05) is 57.2 Å². The average Bonchev–Trinajstić information content (AvgIpc) is 2.61. The predicted octanol–water partition coefficient (Wildman–Crippen LogP) is 4.74. The van der Waals surface area contributed by atoms with Gasteiger partial charge in [0, 0.05) is 12.1 Å². The molecule has 0 saturated carbocycles. The van der Waals surface area contributed by atoms with Gasteiger partial charge in [0.05, 0.1) is 0 Å². The van der Waals surface area contributed by atoms with Crippen molar-refractivity contribution in [2.24, 2.45) is 5.73 Å². The molecule has 0 spiro atoms. The molecule has 0 aliphatic heterocycles. The van der Waals surface area contributed by atoms with E-state index in [-0.39, 0.29) is 5.91 Å². The first kappa shape index (κ1) is 20.0. The van der Waals surface area contributed by atoms with E-state index in [1.807, 2.05) is 25.1 Å². The van der Waals surface area contributed by atoms with E-state index in [9.17, 15) is 4.79 Å². The van der Waals surface area contributed by atoms with Crippen molar-refractivity contribution in [1.82, 2.24) is 5.32 Å². The molecule has 3 nitrogen and oxygen atoms in total. The first-order chi connectivity index (χ1) is 11.7. The van der Waals surface area contributed by atoms with E-state index in [0.29, 0.717) is 12.1 Å². The molecular formula is C21H32N2O. The number of hydrogen-bond acceptors (Lipinski definition) is 2. The Kier molecular flexibility index (Phi) is 10.3. The summed E-state index contributed by atoms with van der Waals surface area (Å²) in [6.07, 6.45) is 14.2. The molecule has 0 aromatic heterocycles. The molecule has 3 heteroatoms. The number of unbranched alkanes of at least 4 members (excludes halogenated alkanes) is 5. The van der Waals surface area contributed by atoms with E-state index >= 15 is 0 Å². The Hall–Kier alpha value is -2.03. The SMILES string of the molecule is C/C=C(\C=C/N)CNC(=O)c1ccc(CCCCCCCC)cc1. The summed E-state index contributed by atoms with van der Waals surface area (Å²) in [6, 6.07) is 7.96. The van der Waals surface area contributed by atoms with Crippen LogP contribution in [-0.4, -0.2) is 12.5 Å². The van der Waals surface area contributed by atoms with Gasteiger partial charge in [-0.15, -0.1) is 0 Å². The van der Waals surface area contributed by atoms with Gasteiger partial charge in [-0.2, -0.15) is 0 Å². The summed E-state index contributed by atoms with van der Waals surface area (Å²) in [6.45, 7) is 4.66. The molecule has 1 aromatic carbocycles. The molecule has 0 aliphatic carbocycles. The number of nitrogens with two attached hydrogens (primary N) is 1. The summed E-state index contributed by atoms with van der Waals surface area (Å²) in [5.41, 5.74) is 8.38. The summed E-state index contributed by atoms with van der Waals surface area (Å²) in [4.78, 5) is 12.1. The largest absolute Gasteiger partial charge is 0.405 e. The van der Waals surface area contributed by atoms with Crippen LogP contribution in [0.25, 0.3) is 0 Å². The van der Waals surface area contributed by atoms with Crippen molar-refractivity contribution < 1.29 is 4.79 Å². The Bertz CT molecular complexity index is 529. The lowest BCUT2D eigenvalue weighted by atomic mass is 10.0. The summed E-state index contributed by atoms with van der Waals surface area (Å²) >= 11 is 0. The fourth-order valence-corrected chi connectivity index (χ4v) is 2.60. The molecule has 1 aromatic rings. The Balaban J connectivity index is 2.36.